The summed E-state index contributed by atoms with van der Waals surface area (Å²) in [6.45, 7) is 6.16. The smallest absolute Gasteiger partial charge is 0.130 e. The average Bonchev–Trinajstić information content (AvgIpc) is 2.48. The van der Waals surface area contributed by atoms with Crippen molar-refractivity contribution in [2.45, 2.75) is 27.2 Å². The van der Waals surface area contributed by atoms with Gasteiger partial charge in [-0.2, -0.15) is 0 Å². The predicted octanol–water partition coefficient (Wildman–Crippen LogP) is 2.31. The van der Waals surface area contributed by atoms with E-state index in [1.807, 2.05) is 19.0 Å². The van der Waals surface area contributed by atoms with Gasteiger partial charge in [-0.05, 0) is 30.4 Å². The monoisotopic (exact) mass is 195 g/mol. The largest absolute Gasteiger partial charge is 0.384 e. The highest BCUT2D eigenvalue weighted by Gasteiger charge is 2.55. The van der Waals surface area contributed by atoms with Crippen LogP contribution in [0.25, 0.3) is 0 Å². The molecule has 2 atom stereocenters. The Kier molecular flexibility index (Phi) is 3.03. The maximum atomic E-state index is 11.0. The molecule has 0 heterocycles. The summed E-state index contributed by atoms with van der Waals surface area (Å²) in [4.78, 5) is 13.1. The summed E-state index contributed by atoms with van der Waals surface area (Å²) in [7, 11) is 4.04. The zero-order valence-electron chi connectivity index (χ0n) is 9.87. The van der Waals surface area contributed by atoms with Gasteiger partial charge >= 0.3 is 0 Å². The molecule has 0 aliphatic heterocycles. The molecule has 14 heavy (non-hydrogen) atoms. The van der Waals surface area contributed by atoms with E-state index in [0.29, 0.717) is 23.0 Å². The van der Waals surface area contributed by atoms with Gasteiger partial charge in [0.1, 0.15) is 5.78 Å². The number of allylic oxidation sites excluding steroid dienone is 1. The summed E-state index contributed by atoms with van der Waals surface area (Å²) in [6, 6.07) is 0. The number of ketones is 1. The molecule has 1 aliphatic rings. The molecule has 80 valence electrons. The molecule has 2 heteroatoms. The third-order valence-electron chi connectivity index (χ3n) is 3.24. The van der Waals surface area contributed by atoms with Gasteiger partial charge in [-0.1, -0.05) is 19.9 Å². The summed E-state index contributed by atoms with van der Waals surface area (Å²) in [5, 5.41) is 0. The maximum Gasteiger partial charge on any atom is 0.130 e. The van der Waals surface area contributed by atoms with Crippen molar-refractivity contribution < 1.29 is 4.79 Å². The first-order chi connectivity index (χ1) is 6.35. The SMILES string of the molecule is CC(=O)CC1C(C=CN(C)C)C1(C)C. The van der Waals surface area contributed by atoms with Gasteiger partial charge in [0, 0.05) is 20.5 Å². The Morgan fingerprint density at radius 3 is 2.43 bits per heavy atom. The lowest BCUT2D eigenvalue weighted by molar-refractivity contribution is -0.117. The predicted molar refractivity (Wildman–Crippen MR) is 58.9 cm³/mol. The van der Waals surface area contributed by atoms with Crippen LogP contribution in [0.5, 0.6) is 0 Å². The highest BCUT2D eigenvalue weighted by Crippen LogP contribution is 2.60. The fraction of sp³-hybridized carbons (Fsp3) is 0.750. The molecule has 0 bridgehead atoms. The number of rotatable bonds is 4. The van der Waals surface area contributed by atoms with Crippen LogP contribution < -0.4 is 0 Å². The van der Waals surface area contributed by atoms with Crippen molar-refractivity contribution in [1.82, 2.24) is 4.90 Å². The van der Waals surface area contributed by atoms with Crippen molar-refractivity contribution in [2.75, 3.05) is 14.1 Å². The first-order valence-corrected chi connectivity index (χ1v) is 5.20. The number of Topliss-reactive ketones (excluding diaryl/α,β-unsaturated/α-hetero) is 1. The second-order valence-electron chi connectivity index (χ2n) is 5.16. The minimum Gasteiger partial charge on any atom is -0.384 e. The number of hydrogen-bond donors (Lipinski definition) is 0. The Hall–Kier alpha value is -0.790. The van der Waals surface area contributed by atoms with Gasteiger partial charge in [0.15, 0.2) is 0 Å². The molecule has 1 rings (SSSR count). The van der Waals surface area contributed by atoms with Crippen LogP contribution in [0.3, 0.4) is 0 Å². The molecule has 0 aromatic heterocycles. The van der Waals surface area contributed by atoms with Crippen LogP contribution in [0.2, 0.25) is 0 Å². The lowest BCUT2D eigenvalue weighted by Crippen LogP contribution is -2.00. The van der Waals surface area contributed by atoms with Gasteiger partial charge in [-0.25, -0.2) is 0 Å². The molecule has 1 aliphatic carbocycles. The molecule has 0 N–H and O–H groups in total. The quantitative estimate of drug-likeness (QED) is 0.686. The molecule has 0 amide bonds. The number of carbonyl (C=O) groups is 1. The molecular formula is C12H21NO. The number of hydrogen-bond acceptors (Lipinski definition) is 2. The van der Waals surface area contributed by atoms with Crippen LogP contribution >= 0.6 is 0 Å². The normalized spacial score (nSPS) is 29.2. The summed E-state index contributed by atoms with van der Waals surface area (Å²) in [5.74, 6) is 1.44. The second-order valence-corrected chi connectivity index (χ2v) is 5.16. The molecule has 1 saturated carbocycles. The molecule has 1 fully saturated rings. The lowest BCUT2D eigenvalue weighted by Gasteiger charge is -2.03. The van der Waals surface area contributed by atoms with Crippen molar-refractivity contribution in [3.63, 3.8) is 0 Å². The van der Waals surface area contributed by atoms with Crippen LogP contribution in [0.15, 0.2) is 12.3 Å². The average molecular weight is 195 g/mol. The third kappa shape index (κ3) is 2.37. The van der Waals surface area contributed by atoms with Crippen molar-refractivity contribution in [3.05, 3.63) is 12.3 Å². The van der Waals surface area contributed by atoms with Gasteiger partial charge < -0.3 is 9.69 Å². The highest BCUT2D eigenvalue weighted by molar-refractivity contribution is 5.76. The Morgan fingerprint density at radius 2 is 2.00 bits per heavy atom. The fourth-order valence-electron chi connectivity index (χ4n) is 2.13. The van der Waals surface area contributed by atoms with Gasteiger partial charge in [0.2, 0.25) is 0 Å². The van der Waals surface area contributed by atoms with E-state index < -0.39 is 0 Å². The minimum absolute atomic E-state index is 0.309. The van der Waals surface area contributed by atoms with Crippen molar-refractivity contribution >= 4 is 5.78 Å². The Labute approximate surface area is 87.0 Å². The summed E-state index contributed by atoms with van der Waals surface area (Å²) in [5.41, 5.74) is 0.318. The zero-order chi connectivity index (χ0) is 10.9. The fourth-order valence-corrected chi connectivity index (χ4v) is 2.13. The van der Waals surface area contributed by atoms with E-state index in [9.17, 15) is 4.79 Å². The van der Waals surface area contributed by atoms with Crippen LogP contribution in [-0.2, 0) is 4.79 Å². The molecule has 2 unspecified atom stereocenters. The first kappa shape index (κ1) is 11.3. The molecule has 0 radical (unpaired) electrons. The van der Waals surface area contributed by atoms with Crippen LogP contribution in [0, 0.1) is 17.3 Å². The van der Waals surface area contributed by atoms with Gasteiger partial charge in [-0.15, -0.1) is 0 Å². The van der Waals surface area contributed by atoms with Gasteiger partial charge in [0.25, 0.3) is 0 Å². The van der Waals surface area contributed by atoms with Gasteiger partial charge in [-0.3, -0.25) is 0 Å². The van der Waals surface area contributed by atoms with Crippen LogP contribution in [0.1, 0.15) is 27.2 Å². The van der Waals surface area contributed by atoms with E-state index in [2.05, 4.69) is 26.1 Å². The van der Waals surface area contributed by atoms with Crippen LogP contribution in [0.4, 0.5) is 0 Å². The topological polar surface area (TPSA) is 20.3 Å². The zero-order valence-corrected chi connectivity index (χ0v) is 9.87. The van der Waals surface area contributed by atoms with E-state index in [0.717, 1.165) is 6.42 Å². The molecule has 0 spiro atoms. The van der Waals surface area contributed by atoms with E-state index >= 15 is 0 Å². The van der Waals surface area contributed by atoms with Crippen molar-refractivity contribution in [2.24, 2.45) is 17.3 Å². The Bertz CT molecular complexity index is 253. The maximum absolute atomic E-state index is 11.0. The van der Waals surface area contributed by atoms with E-state index in [-0.39, 0.29) is 0 Å². The molecule has 0 saturated heterocycles. The standard InChI is InChI=1S/C12H21NO/c1-9(14)8-11-10(12(11,2)3)6-7-13(4)5/h6-7,10-11H,8H2,1-5H3. The minimum atomic E-state index is 0.309. The van der Waals surface area contributed by atoms with Gasteiger partial charge in [0.05, 0.1) is 0 Å². The van der Waals surface area contributed by atoms with Crippen molar-refractivity contribution in [1.29, 1.82) is 0 Å². The molecular weight excluding hydrogens is 174 g/mol. The number of carbonyl (C=O) groups excluding carboxylic acids is 1. The van der Waals surface area contributed by atoms with Crippen LogP contribution in [-0.4, -0.2) is 24.8 Å². The second kappa shape index (κ2) is 3.76. The van der Waals surface area contributed by atoms with E-state index in [4.69, 9.17) is 0 Å². The Morgan fingerprint density at radius 1 is 1.43 bits per heavy atom. The molecule has 0 aromatic carbocycles. The third-order valence-corrected chi connectivity index (χ3v) is 3.24. The summed E-state index contributed by atoms with van der Waals surface area (Å²) < 4.78 is 0. The summed E-state index contributed by atoms with van der Waals surface area (Å²) in [6.07, 6.45) is 5.05. The highest BCUT2D eigenvalue weighted by atomic mass is 16.1. The molecule has 0 aromatic rings. The Balaban J connectivity index is 2.53. The molecule has 2 nitrogen and oxygen atoms in total. The lowest BCUT2D eigenvalue weighted by atomic mass is 10.1. The summed E-state index contributed by atoms with van der Waals surface area (Å²) >= 11 is 0. The van der Waals surface area contributed by atoms with E-state index in [1.54, 1.807) is 6.92 Å². The first-order valence-electron chi connectivity index (χ1n) is 5.20. The van der Waals surface area contributed by atoms with E-state index in [1.165, 1.54) is 0 Å². The number of nitrogens with zero attached hydrogens (tertiary/aromatic N) is 1. The van der Waals surface area contributed by atoms with Crippen molar-refractivity contribution in [3.8, 4) is 0 Å².